The van der Waals surface area contributed by atoms with E-state index in [1.807, 2.05) is 0 Å². The molecule has 2 saturated carbocycles. The third-order valence-electron chi connectivity index (χ3n) is 5.43. The van der Waals surface area contributed by atoms with Crippen molar-refractivity contribution in [2.75, 3.05) is 26.7 Å². The molecule has 0 radical (unpaired) electrons. The number of nitrogens with one attached hydrogen (secondary N) is 1. The van der Waals surface area contributed by atoms with Crippen LogP contribution in [0.5, 0.6) is 0 Å². The van der Waals surface area contributed by atoms with E-state index in [1.54, 1.807) is 0 Å². The van der Waals surface area contributed by atoms with Crippen LogP contribution in [0.3, 0.4) is 0 Å². The zero-order chi connectivity index (χ0) is 13.5. The lowest BCUT2D eigenvalue weighted by Gasteiger charge is -2.36. The van der Waals surface area contributed by atoms with Crippen LogP contribution in [0.25, 0.3) is 0 Å². The van der Waals surface area contributed by atoms with Crippen LogP contribution in [-0.2, 0) is 0 Å². The van der Waals surface area contributed by atoms with Gasteiger partial charge in [0, 0.05) is 19.1 Å². The topological polar surface area (TPSA) is 15.3 Å². The molecule has 0 spiro atoms. The predicted octanol–water partition coefficient (Wildman–Crippen LogP) is 3.67. The van der Waals surface area contributed by atoms with E-state index in [0.717, 1.165) is 17.9 Å². The zero-order valence-electron chi connectivity index (χ0n) is 13.2. The average molecular weight is 266 g/mol. The van der Waals surface area contributed by atoms with Gasteiger partial charge in [0.1, 0.15) is 0 Å². The Labute approximate surface area is 120 Å². The van der Waals surface area contributed by atoms with E-state index in [0.29, 0.717) is 0 Å². The van der Waals surface area contributed by atoms with Gasteiger partial charge in [0.2, 0.25) is 0 Å². The van der Waals surface area contributed by atoms with E-state index in [2.05, 4.69) is 24.2 Å². The zero-order valence-corrected chi connectivity index (χ0v) is 13.2. The molecule has 2 heteroatoms. The highest BCUT2D eigenvalue weighted by atomic mass is 15.1. The molecule has 2 aliphatic carbocycles. The fourth-order valence-electron chi connectivity index (χ4n) is 4.07. The Kier molecular flexibility index (Phi) is 6.66. The van der Waals surface area contributed by atoms with Crippen LogP contribution in [0.4, 0.5) is 0 Å². The minimum Gasteiger partial charge on any atom is -0.315 e. The molecule has 2 aliphatic rings. The van der Waals surface area contributed by atoms with E-state index in [4.69, 9.17) is 0 Å². The van der Waals surface area contributed by atoms with E-state index < -0.39 is 0 Å². The molecule has 2 atom stereocenters. The molecule has 0 amide bonds. The first-order valence-electron chi connectivity index (χ1n) is 8.68. The van der Waals surface area contributed by atoms with Crippen LogP contribution >= 0.6 is 0 Å². The maximum atomic E-state index is 3.70. The Morgan fingerprint density at radius 1 is 0.947 bits per heavy atom. The van der Waals surface area contributed by atoms with Crippen molar-refractivity contribution in [3.63, 3.8) is 0 Å². The smallest absolute Gasteiger partial charge is 0.0118 e. The lowest BCUT2D eigenvalue weighted by Crippen LogP contribution is -2.42. The minimum absolute atomic E-state index is 0.838. The molecule has 0 aromatic heterocycles. The summed E-state index contributed by atoms with van der Waals surface area (Å²) in [6.45, 7) is 6.10. The summed E-state index contributed by atoms with van der Waals surface area (Å²) in [5, 5.41) is 3.70. The lowest BCUT2D eigenvalue weighted by atomic mass is 9.85. The van der Waals surface area contributed by atoms with Gasteiger partial charge < -0.3 is 10.2 Å². The van der Waals surface area contributed by atoms with Crippen molar-refractivity contribution in [2.45, 2.75) is 70.8 Å². The van der Waals surface area contributed by atoms with Gasteiger partial charge in [-0.3, -0.25) is 0 Å². The van der Waals surface area contributed by atoms with E-state index >= 15 is 0 Å². The highest BCUT2D eigenvalue weighted by Gasteiger charge is 2.24. The fraction of sp³-hybridized carbons (Fsp3) is 1.00. The van der Waals surface area contributed by atoms with Crippen LogP contribution in [0.2, 0.25) is 0 Å². The van der Waals surface area contributed by atoms with Crippen LogP contribution in [-0.4, -0.2) is 37.6 Å². The summed E-state index contributed by atoms with van der Waals surface area (Å²) in [6.07, 6.45) is 13.1. The number of hydrogen-bond donors (Lipinski definition) is 1. The van der Waals surface area contributed by atoms with Gasteiger partial charge >= 0.3 is 0 Å². The molecule has 2 rings (SSSR count). The second kappa shape index (κ2) is 8.26. The van der Waals surface area contributed by atoms with Gasteiger partial charge in [-0.25, -0.2) is 0 Å². The number of nitrogens with zero attached hydrogens (tertiary/aromatic N) is 1. The summed E-state index contributed by atoms with van der Waals surface area (Å²) in [6, 6.07) is 0.838. The molecule has 2 fully saturated rings. The molecule has 0 bridgehead atoms. The summed E-state index contributed by atoms with van der Waals surface area (Å²) < 4.78 is 0. The average Bonchev–Trinajstić information content (AvgIpc) is 2.45. The van der Waals surface area contributed by atoms with Gasteiger partial charge in [-0.1, -0.05) is 39.0 Å². The fourth-order valence-corrected chi connectivity index (χ4v) is 4.07. The molecule has 0 heterocycles. The molecule has 2 unspecified atom stereocenters. The molecule has 112 valence electrons. The van der Waals surface area contributed by atoms with Gasteiger partial charge in [-0.05, 0) is 51.1 Å². The van der Waals surface area contributed by atoms with Crippen LogP contribution < -0.4 is 5.32 Å². The summed E-state index contributed by atoms with van der Waals surface area (Å²) in [7, 11) is 2.33. The summed E-state index contributed by atoms with van der Waals surface area (Å²) in [5.41, 5.74) is 0. The predicted molar refractivity (Wildman–Crippen MR) is 83.5 cm³/mol. The Balaban J connectivity index is 1.56. The molecular weight excluding hydrogens is 232 g/mol. The largest absolute Gasteiger partial charge is 0.315 e. The second-order valence-corrected chi connectivity index (χ2v) is 7.02. The van der Waals surface area contributed by atoms with Gasteiger partial charge in [-0.15, -0.1) is 0 Å². The Morgan fingerprint density at radius 2 is 1.63 bits per heavy atom. The van der Waals surface area contributed by atoms with Crippen molar-refractivity contribution in [1.82, 2.24) is 10.2 Å². The molecule has 2 nitrogen and oxygen atoms in total. The lowest BCUT2D eigenvalue weighted by molar-refractivity contribution is 0.139. The van der Waals surface area contributed by atoms with Crippen molar-refractivity contribution in [3.8, 4) is 0 Å². The highest BCUT2D eigenvalue weighted by Crippen LogP contribution is 2.27. The highest BCUT2D eigenvalue weighted by molar-refractivity contribution is 4.79. The van der Waals surface area contributed by atoms with Crippen LogP contribution in [0, 0.1) is 11.8 Å². The summed E-state index contributed by atoms with van der Waals surface area (Å²) >= 11 is 0. The molecule has 0 aromatic carbocycles. The van der Waals surface area contributed by atoms with Gasteiger partial charge in [0.05, 0.1) is 0 Å². The number of likely N-dealkylation sites (N-methyl/N-ethyl adjacent to an activating group) is 1. The molecule has 0 aromatic rings. The molecule has 0 aliphatic heterocycles. The third kappa shape index (κ3) is 5.07. The van der Waals surface area contributed by atoms with Gasteiger partial charge in [-0.2, -0.15) is 0 Å². The van der Waals surface area contributed by atoms with Crippen molar-refractivity contribution >= 4 is 0 Å². The van der Waals surface area contributed by atoms with Crippen molar-refractivity contribution in [3.05, 3.63) is 0 Å². The number of hydrogen-bond acceptors (Lipinski definition) is 2. The monoisotopic (exact) mass is 266 g/mol. The number of rotatable bonds is 6. The van der Waals surface area contributed by atoms with Gasteiger partial charge in [0.15, 0.2) is 0 Å². The first kappa shape index (κ1) is 15.3. The maximum absolute atomic E-state index is 3.70. The first-order chi connectivity index (χ1) is 9.27. The standard InChI is InChI=1S/C17H34N2/c1-15-8-6-7-11-17(15)19(2)13-12-18-14-16-9-4-3-5-10-16/h15-18H,3-14H2,1-2H3. The Hall–Kier alpha value is -0.0800. The molecule has 1 N–H and O–H groups in total. The van der Waals surface area contributed by atoms with E-state index in [9.17, 15) is 0 Å². The second-order valence-electron chi connectivity index (χ2n) is 7.02. The minimum atomic E-state index is 0.838. The Bertz CT molecular complexity index is 235. The third-order valence-corrected chi connectivity index (χ3v) is 5.43. The summed E-state index contributed by atoms with van der Waals surface area (Å²) in [4.78, 5) is 2.61. The van der Waals surface area contributed by atoms with Crippen LogP contribution in [0.1, 0.15) is 64.7 Å². The van der Waals surface area contributed by atoms with Crippen LogP contribution in [0.15, 0.2) is 0 Å². The normalized spacial score (nSPS) is 29.8. The maximum Gasteiger partial charge on any atom is 0.0118 e. The van der Waals surface area contributed by atoms with Crippen molar-refractivity contribution in [2.24, 2.45) is 11.8 Å². The van der Waals surface area contributed by atoms with E-state index in [-0.39, 0.29) is 0 Å². The molecule has 0 saturated heterocycles. The van der Waals surface area contributed by atoms with Crippen molar-refractivity contribution in [1.29, 1.82) is 0 Å². The molecule has 19 heavy (non-hydrogen) atoms. The molecular formula is C17H34N2. The Morgan fingerprint density at radius 3 is 2.37 bits per heavy atom. The SMILES string of the molecule is CC1CCCCC1N(C)CCNCC1CCCCC1. The van der Waals surface area contributed by atoms with Crippen molar-refractivity contribution < 1.29 is 0 Å². The van der Waals surface area contributed by atoms with E-state index in [1.165, 1.54) is 77.4 Å². The quantitative estimate of drug-likeness (QED) is 0.738. The van der Waals surface area contributed by atoms with Gasteiger partial charge in [0.25, 0.3) is 0 Å². The summed E-state index contributed by atoms with van der Waals surface area (Å²) in [5.74, 6) is 1.87. The first-order valence-corrected chi connectivity index (χ1v) is 8.68.